The Morgan fingerprint density at radius 3 is 2.17 bits per heavy atom. The first kappa shape index (κ1) is 14.8. The van der Waals surface area contributed by atoms with Gasteiger partial charge in [0.15, 0.2) is 0 Å². The number of hydrogen-bond acceptors (Lipinski definition) is 5. The average molecular weight is 272 g/mol. The molecular formula is C11H20N4O2S. The van der Waals surface area contributed by atoms with E-state index in [2.05, 4.69) is 15.3 Å². The van der Waals surface area contributed by atoms with Crippen molar-refractivity contribution in [1.29, 1.82) is 0 Å². The molecule has 0 saturated heterocycles. The van der Waals surface area contributed by atoms with Crippen LogP contribution in [0.15, 0.2) is 17.3 Å². The van der Waals surface area contributed by atoms with Crippen molar-refractivity contribution in [3.05, 3.63) is 12.4 Å². The van der Waals surface area contributed by atoms with Crippen LogP contribution in [-0.4, -0.2) is 42.8 Å². The Morgan fingerprint density at radius 2 is 1.78 bits per heavy atom. The molecule has 0 spiro atoms. The van der Waals surface area contributed by atoms with Gasteiger partial charge in [-0.25, -0.2) is 18.4 Å². The zero-order valence-corrected chi connectivity index (χ0v) is 12.0. The lowest BCUT2D eigenvalue weighted by Gasteiger charge is -2.25. The van der Waals surface area contributed by atoms with E-state index in [1.807, 2.05) is 13.8 Å². The van der Waals surface area contributed by atoms with E-state index in [1.165, 1.54) is 16.7 Å². The number of anilines is 1. The van der Waals surface area contributed by atoms with Gasteiger partial charge in [0.25, 0.3) is 0 Å². The van der Waals surface area contributed by atoms with Gasteiger partial charge in [-0.3, -0.25) is 0 Å². The molecule has 0 aliphatic heterocycles. The fourth-order valence-corrected chi connectivity index (χ4v) is 3.14. The monoisotopic (exact) mass is 272 g/mol. The second-order valence-corrected chi connectivity index (χ2v) is 5.98. The average Bonchev–Trinajstić information content (AvgIpc) is 2.40. The number of nitrogens with one attached hydrogen (secondary N) is 1. The highest BCUT2D eigenvalue weighted by molar-refractivity contribution is 7.89. The van der Waals surface area contributed by atoms with Crippen LogP contribution in [0.25, 0.3) is 0 Å². The lowest BCUT2D eigenvalue weighted by molar-refractivity contribution is 0.349. The smallest absolute Gasteiger partial charge is 0.246 e. The third kappa shape index (κ3) is 2.97. The Hall–Kier alpha value is -1.21. The highest BCUT2D eigenvalue weighted by Gasteiger charge is 2.26. The fourth-order valence-electron chi connectivity index (χ4n) is 1.74. The van der Waals surface area contributed by atoms with E-state index in [9.17, 15) is 8.42 Å². The Balaban J connectivity index is 3.04. The van der Waals surface area contributed by atoms with Crippen molar-refractivity contribution < 1.29 is 8.42 Å². The number of rotatable bonds is 6. The molecule has 0 fully saturated rings. The third-order valence-corrected chi connectivity index (χ3v) is 4.85. The molecule has 1 N–H and O–H groups in total. The molecule has 0 aromatic carbocycles. The standard InChI is InChI=1S/C11H20N4O2S/c1-5-9(6-2)15(4)18(16,17)10-7-13-11(12-3)14-8-10/h7-9H,5-6H2,1-4H3,(H,12,13,14). The first-order valence-electron chi connectivity index (χ1n) is 5.95. The second kappa shape index (κ2) is 6.10. The summed E-state index contributed by atoms with van der Waals surface area (Å²) in [4.78, 5) is 7.98. The Kier molecular flexibility index (Phi) is 5.03. The van der Waals surface area contributed by atoms with Gasteiger partial charge in [0.05, 0.1) is 12.4 Å². The van der Waals surface area contributed by atoms with Crippen LogP contribution in [0.5, 0.6) is 0 Å². The summed E-state index contributed by atoms with van der Waals surface area (Å²) < 4.78 is 26.0. The topological polar surface area (TPSA) is 75.2 Å². The van der Waals surface area contributed by atoms with E-state index in [4.69, 9.17) is 0 Å². The van der Waals surface area contributed by atoms with Crippen molar-refractivity contribution in [1.82, 2.24) is 14.3 Å². The van der Waals surface area contributed by atoms with Crippen LogP contribution in [0.1, 0.15) is 26.7 Å². The maximum atomic E-state index is 12.3. The largest absolute Gasteiger partial charge is 0.357 e. The molecule has 0 saturated carbocycles. The van der Waals surface area contributed by atoms with Gasteiger partial charge >= 0.3 is 0 Å². The summed E-state index contributed by atoms with van der Waals surface area (Å²) >= 11 is 0. The minimum absolute atomic E-state index is 0.000948. The first-order valence-corrected chi connectivity index (χ1v) is 7.39. The van der Waals surface area contributed by atoms with Crippen LogP contribution in [0.3, 0.4) is 0 Å². The molecule has 0 bridgehead atoms. The van der Waals surface area contributed by atoms with E-state index in [0.29, 0.717) is 5.95 Å². The van der Waals surface area contributed by atoms with Crippen LogP contribution in [0, 0.1) is 0 Å². The van der Waals surface area contributed by atoms with E-state index < -0.39 is 10.0 Å². The molecular weight excluding hydrogens is 252 g/mol. The molecule has 7 heteroatoms. The minimum Gasteiger partial charge on any atom is -0.357 e. The summed E-state index contributed by atoms with van der Waals surface area (Å²) in [6.45, 7) is 3.95. The lowest BCUT2D eigenvalue weighted by atomic mass is 10.2. The van der Waals surface area contributed by atoms with E-state index >= 15 is 0 Å². The molecule has 0 atom stereocenters. The molecule has 1 rings (SSSR count). The highest BCUT2D eigenvalue weighted by Crippen LogP contribution is 2.18. The number of sulfonamides is 1. The van der Waals surface area contributed by atoms with Crippen molar-refractivity contribution >= 4 is 16.0 Å². The lowest BCUT2D eigenvalue weighted by Crippen LogP contribution is -2.36. The summed E-state index contributed by atoms with van der Waals surface area (Å²) in [6, 6.07) is -0.000948. The molecule has 0 amide bonds. The van der Waals surface area contributed by atoms with Gasteiger partial charge in [0.2, 0.25) is 16.0 Å². The predicted octanol–water partition coefficient (Wildman–Crippen LogP) is 1.33. The highest BCUT2D eigenvalue weighted by atomic mass is 32.2. The van der Waals surface area contributed by atoms with Crippen molar-refractivity contribution in [2.45, 2.75) is 37.6 Å². The van der Waals surface area contributed by atoms with Crippen LogP contribution in [0.4, 0.5) is 5.95 Å². The van der Waals surface area contributed by atoms with E-state index in [0.717, 1.165) is 12.8 Å². The molecule has 0 aliphatic carbocycles. The van der Waals surface area contributed by atoms with Crippen molar-refractivity contribution in [2.24, 2.45) is 0 Å². The summed E-state index contributed by atoms with van der Waals surface area (Å²) in [5.41, 5.74) is 0. The summed E-state index contributed by atoms with van der Waals surface area (Å²) in [7, 11) is -0.230. The summed E-state index contributed by atoms with van der Waals surface area (Å²) in [5, 5.41) is 2.75. The molecule has 0 radical (unpaired) electrons. The maximum Gasteiger partial charge on any atom is 0.246 e. The predicted molar refractivity (Wildman–Crippen MR) is 70.9 cm³/mol. The van der Waals surface area contributed by atoms with Gasteiger partial charge in [-0.1, -0.05) is 13.8 Å². The van der Waals surface area contributed by atoms with Gasteiger partial charge in [-0.2, -0.15) is 4.31 Å². The molecule has 18 heavy (non-hydrogen) atoms. The molecule has 0 unspecified atom stereocenters. The zero-order chi connectivity index (χ0) is 13.8. The van der Waals surface area contributed by atoms with Crippen LogP contribution >= 0.6 is 0 Å². The van der Waals surface area contributed by atoms with Crippen molar-refractivity contribution in [3.8, 4) is 0 Å². The van der Waals surface area contributed by atoms with Gasteiger partial charge in [0, 0.05) is 20.1 Å². The third-order valence-electron chi connectivity index (χ3n) is 2.99. The van der Waals surface area contributed by atoms with Crippen molar-refractivity contribution in [2.75, 3.05) is 19.4 Å². The fraction of sp³-hybridized carbons (Fsp3) is 0.636. The normalized spacial score (nSPS) is 12.1. The molecule has 1 aromatic rings. The molecule has 1 heterocycles. The van der Waals surface area contributed by atoms with E-state index in [1.54, 1.807) is 14.1 Å². The minimum atomic E-state index is -3.51. The number of hydrogen-bond donors (Lipinski definition) is 1. The molecule has 1 aromatic heterocycles. The Bertz CT molecular complexity index is 468. The second-order valence-electron chi connectivity index (χ2n) is 3.98. The summed E-state index contributed by atoms with van der Waals surface area (Å²) in [5.74, 6) is 0.402. The van der Waals surface area contributed by atoms with Gasteiger partial charge in [-0.15, -0.1) is 0 Å². The maximum absolute atomic E-state index is 12.3. The van der Waals surface area contributed by atoms with Gasteiger partial charge in [0.1, 0.15) is 4.90 Å². The van der Waals surface area contributed by atoms with Crippen LogP contribution < -0.4 is 5.32 Å². The molecule has 6 nitrogen and oxygen atoms in total. The number of nitrogens with zero attached hydrogens (tertiary/aromatic N) is 3. The zero-order valence-electron chi connectivity index (χ0n) is 11.2. The summed E-state index contributed by atoms with van der Waals surface area (Å²) in [6.07, 6.45) is 4.21. The molecule has 102 valence electrons. The van der Waals surface area contributed by atoms with Gasteiger partial charge in [-0.05, 0) is 12.8 Å². The van der Waals surface area contributed by atoms with Gasteiger partial charge < -0.3 is 5.32 Å². The molecule has 0 aliphatic rings. The van der Waals surface area contributed by atoms with E-state index in [-0.39, 0.29) is 10.9 Å². The first-order chi connectivity index (χ1) is 8.47. The quantitative estimate of drug-likeness (QED) is 0.845. The Labute approximate surface area is 108 Å². The SMILES string of the molecule is CCC(CC)N(C)S(=O)(=O)c1cnc(NC)nc1. The number of aromatic nitrogens is 2. The Morgan fingerprint density at radius 1 is 1.28 bits per heavy atom. The van der Waals surface area contributed by atoms with Crippen molar-refractivity contribution in [3.63, 3.8) is 0 Å². The van der Waals surface area contributed by atoms with Crippen LogP contribution in [0.2, 0.25) is 0 Å². The van der Waals surface area contributed by atoms with Crippen LogP contribution in [-0.2, 0) is 10.0 Å².